The highest BCUT2D eigenvalue weighted by Crippen LogP contribution is 2.44. The molecule has 0 amide bonds. The van der Waals surface area contributed by atoms with Crippen molar-refractivity contribution in [1.29, 1.82) is 0 Å². The van der Waals surface area contributed by atoms with Crippen molar-refractivity contribution in [2.24, 2.45) is 11.8 Å². The van der Waals surface area contributed by atoms with Crippen molar-refractivity contribution in [3.63, 3.8) is 0 Å². The maximum Gasteiger partial charge on any atom is 0.0457 e. The Balaban J connectivity index is 2.25. The Hall–Kier alpha value is 0.140. The van der Waals surface area contributed by atoms with Crippen LogP contribution in [0.15, 0.2) is 10.5 Å². The molecule has 0 aliphatic heterocycles. The molecule has 1 saturated carbocycles. The first-order valence-electron chi connectivity index (χ1n) is 6.62. The Bertz CT molecular complexity index is 374. The number of hydrogen-bond donors (Lipinski definition) is 1. The largest absolute Gasteiger partial charge is 0.309 e. The summed E-state index contributed by atoms with van der Waals surface area (Å²) in [5.74, 6) is 1.66. The molecular weight excluding hydrogens is 294 g/mol. The Morgan fingerprint density at radius 2 is 2.29 bits per heavy atom. The second-order valence-corrected chi connectivity index (χ2v) is 7.32. The van der Waals surface area contributed by atoms with Gasteiger partial charge in [0.25, 0.3) is 0 Å². The molecule has 1 nitrogen and oxygen atoms in total. The van der Waals surface area contributed by atoms with E-state index in [-0.39, 0.29) is 0 Å². The molecule has 3 heteroatoms. The van der Waals surface area contributed by atoms with E-state index in [1.807, 2.05) is 11.3 Å². The zero-order chi connectivity index (χ0) is 12.4. The molecule has 1 heterocycles. The van der Waals surface area contributed by atoms with Crippen LogP contribution in [0.1, 0.15) is 48.9 Å². The van der Waals surface area contributed by atoms with Gasteiger partial charge in [-0.15, -0.1) is 11.3 Å². The molecule has 1 N–H and O–H groups in total. The lowest BCUT2D eigenvalue weighted by Crippen LogP contribution is -2.29. The number of nitrogens with one attached hydrogen (secondary N) is 1. The molecule has 0 radical (unpaired) electrons. The third kappa shape index (κ3) is 2.94. The summed E-state index contributed by atoms with van der Waals surface area (Å²) in [6.45, 7) is 7.87. The normalized spacial score (nSPS) is 26.4. The van der Waals surface area contributed by atoms with Gasteiger partial charge in [0.1, 0.15) is 0 Å². The maximum absolute atomic E-state index is 3.73. The first-order chi connectivity index (χ1) is 8.13. The lowest BCUT2D eigenvalue weighted by Gasteiger charge is -2.27. The lowest BCUT2D eigenvalue weighted by atomic mass is 9.89. The predicted octanol–water partition coefficient (Wildman–Crippen LogP) is 4.91. The summed E-state index contributed by atoms with van der Waals surface area (Å²) in [4.78, 5) is 2.91. The van der Waals surface area contributed by atoms with Gasteiger partial charge in [0, 0.05) is 20.3 Å². The highest BCUT2D eigenvalue weighted by atomic mass is 79.9. The quantitative estimate of drug-likeness (QED) is 0.832. The van der Waals surface area contributed by atoms with E-state index in [4.69, 9.17) is 0 Å². The third-order valence-electron chi connectivity index (χ3n) is 3.90. The van der Waals surface area contributed by atoms with Crippen LogP contribution in [0.3, 0.4) is 0 Å². The average Bonchev–Trinajstić information content (AvgIpc) is 2.82. The van der Waals surface area contributed by atoms with Crippen molar-refractivity contribution < 1.29 is 0 Å². The Morgan fingerprint density at radius 3 is 2.76 bits per heavy atom. The molecule has 17 heavy (non-hydrogen) atoms. The minimum absolute atomic E-state index is 0.547. The molecule has 1 aromatic rings. The van der Waals surface area contributed by atoms with Crippen LogP contribution < -0.4 is 5.32 Å². The molecule has 1 aliphatic carbocycles. The molecule has 3 atom stereocenters. The van der Waals surface area contributed by atoms with Crippen molar-refractivity contribution >= 4 is 27.3 Å². The first kappa shape index (κ1) is 13.6. The number of thiophene rings is 1. The summed E-state index contributed by atoms with van der Waals surface area (Å²) in [6, 6.07) is 2.80. The van der Waals surface area contributed by atoms with Gasteiger partial charge in [0.15, 0.2) is 0 Å². The minimum Gasteiger partial charge on any atom is -0.309 e. The van der Waals surface area contributed by atoms with Crippen LogP contribution >= 0.6 is 27.3 Å². The predicted molar refractivity (Wildman–Crippen MR) is 79.7 cm³/mol. The van der Waals surface area contributed by atoms with Crippen LogP contribution in [-0.4, -0.2) is 6.54 Å². The highest BCUT2D eigenvalue weighted by Gasteiger charge is 2.33. The second kappa shape index (κ2) is 5.85. The number of hydrogen-bond acceptors (Lipinski definition) is 2. The van der Waals surface area contributed by atoms with Crippen LogP contribution in [0.5, 0.6) is 0 Å². The van der Waals surface area contributed by atoms with Gasteiger partial charge >= 0.3 is 0 Å². The van der Waals surface area contributed by atoms with Gasteiger partial charge < -0.3 is 5.32 Å². The summed E-state index contributed by atoms with van der Waals surface area (Å²) in [7, 11) is 0. The van der Waals surface area contributed by atoms with E-state index >= 15 is 0 Å². The van der Waals surface area contributed by atoms with Gasteiger partial charge in [-0.1, -0.05) is 26.7 Å². The molecule has 0 aromatic carbocycles. The lowest BCUT2D eigenvalue weighted by molar-refractivity contribution is 0.308. The SMILES string of the molecule is CCNC(c1sc(C)cc1Br)C1CCCC1C. The topological polar surface area (TPSA) is 12.0 Å². The summed E-state index contributed by atoms with van der Waals surface area (Å²) < 4.78 is 1.30. The smallest absolute Gasteiger partial charge is 0.0457 e. The van der Waals surface area contributed by atoms with Crippen LogP contribution in [0.2, 0.25) is 0 Å². The van der Waals surface area contributed by atoms with E-state index in [1.54, 1.807) is 0 Å². The average molecular weight is 316 g/mol. The molecule has 0 spiro atoms. The van der Waals surface area contributed by atoms with E-state index in [2.05, 4.69) is 48.1 Å². The van der Waals surface area contributed by atoms with Crippen LogP contribution in [0.4, 0.5) is 0 Å². The molecule has 1 aliphatic rings. The van der Waals surface area contributed by atoms with Gasteiger partial charge in [-0.2, -0.15) is 0 Å². The van der Waals surface area contributed by atoms with Gasteiger partial charge in [-0.3, -0.25) is 0 Å². The summed E-state index contributed by atoms with van der Waals surface area (Å²) in [6.07, 6.45) is 4.17. The zero-order valence-electron chi connectivity index (χ0n) is 10.9. The molecule has 1 fully saturated rings. The van der Waals surface area contributed by atoms with Crippen molar-refractivity contribution in [2.75, 3.05) is 6.54 Å². The standard InChI is InChI=1S/C14H22BrNS/c1-4-16-13(11-7-5-6-9(11)2)14-12(15)8-10(3)17-14/h8-9,11,13,16H,4-7H2,1-3H3. The van der Waals surface area contributed by atoms with Gasteiger partial charge in [-0.25, -0.2) is 0 Å². The van der Waals surface area contributed by atoms with E-state index in [1.165, 1.54) is 33.5 Å². The van der Waals surface area contributed by atoms with Crippen molar-refractivity contribution in [3.05, 3.63) is 20.3 Å². The van der Waals surface area contributed by atoms with E-state index in [9.17, 15) is 0 Å². The molecule has 0 bridgehead atoms. The van der Waals surface area contributed by atoms with E-state index in [0.717, 1.165) is 18.4 Å². The maximum atomic E-state index is 3.73. The van der Waals surface area contributed by atoms with Gasteiger partial charge in [0.05, 0.1) is 0 Å². The highest BCUT2D eigenvalue weighted by molar-refractivity contribution is 9.10. The minimum atomic E-state index is 0.547. The number of aryl methyl sites for hydroxylation is 1. The molecule has 1 aromatic heterocycles. The fourth-order valence-corrected chi connectivity index (χ4v) is 5.09. The van der Waals surface area contributed by atoms with Gasteiger partial charge in [-0.05, 0) is 53.7 Å². The monoisotopic (exact) mass is 315 g/mol. The fourth-order valence-electron chi connectivity index (χ4n) is 3.04. The third-order valence-corrected chi connectivity index (χ3v) is 5.95. The van der Waals surface area contributed by atoms with E-state index in [0.29, 0.717) is 6.04 Å². The molecule has 0 saturated heterocycles. The van der Waals surface area contributed by atoms with Crippen molar-refractivity contribution in [1.82, 2.24) is 5.32 Å². The summed E-state index contributed by atoms with van der Waals surface area (Å²) >= 11 is 5.67. The first-order valence-corrected chi connectivity index (χ1v) is 8.23. The van der Waals surface area contributed by atoms with Gasteiger partial charge in [0.2, 0.25) is 0 Å². The number of halogens is 1. The molecule has 3 unspecified atom stereocenters. The Kier molecular flexibility index (Phi) is 4.67. The number of rotatable bonds is 4. The zero-order valence-corrected chi connectivity index (χ0v) is 13.3. The Labute approximate surface area is 117 Å². The summed E-state index contributed by atoms with van der Waals surface area (Å²) in [5, 5.41) is 3.71. The summed E-state index contributed by atoms with van der Waals surface area (Å²) in [5.41, 5.74) is 0. The molecular formula is C14H22BrNS. The van der Waals surface area contributed by atoms with E-state index < -0.39 is 0 Å². The Morgan fingerprint density at radius 1 is 1.53 bits per heavy atom. The van der Waals surface area contributed by atoms with Crippen LogP contribution in [0, 0.1) is 18.8 Å². The second-order valence-electron chi connectivity index (χ2n) is 5.18. The van der Waals surface area contributed by atoms with Crippen molar-refractivity contribution in [2.45, 2.75) is 46.1 Å². The van der Waals surface area contributed by atoms with Crippen LogP contribution in [-0.2, 0) is 0 Å². The van der Waals surface area contributed by atoms with Crippen molar-refractivity contribution in [3.8, 4) is 0 Å². The molecule has 2 rings (SSSR count). The molecule has 96 valence electrons. The van der Waals surface area contributed by atoms with Crippen LogP contribution in [0.25, 0.3) is 0 Å². The fraction of sp³-hybridized carbons (Fsp3) is 0.714.